The van der Waals surface area contributed by atoms with Crippen LogP contribution < -0.4 is 5.32 Å². The molecule has 4 aromatic rings. The zero-order chi connectivity index (χ0) is 35.6. The normalized spacial score (nSPS) is 17.6. The molecule has 50 heavy (non-hydrogen) atoms. The van der Waals surface area contributed by atoms with Gasteiger partial charge in [-0.25, -0.2) is 17.8 Å². The molecule has 0 bridgehead atoms. The zero-order valence-corrected chi connectivity index (χ0v) is 28.9. The summed E-state index contributed by atoms with van der Waals surface area (Å²) >= 11 is 6.43. The Labute approximate surface area is 293 Å². The first-order valence-corrected chi connectivity index (χ1v) is 18.6. The predicted octanol–water partition coefficient (Wildman–Crippen LogP) is 6.76. The molecule has 2 aliphatic rings. The molecule has 0 aliphatic carbocycles. The molecule has 2 aliphatic heterocycles. The van der Waals surface area contributed by atoms with E-state index in [-0.39, 0.29) is 44.2 Å². The number of rotatable bonds is 9. The van der Waals surface area contributed by atoms with Crippen LogP contribution in [-0.4, -0.2) is 87.0 Å². The highest BCUT2D eigenvalue weighted by atomic mass is 35.5. The molecule has 1 amide bonds. The second-order valence-electron chi connectivity index (χ2n) is 12.7. The van der Waals surface area contributed by atoms with Crippen LogP contribution in [-0.2, 0) is 27.8 Å². The maximum Gasteiger partial charge on any atom is 0.412 e. The van der Waals surface area contributed by atoms with Gasteiger partial charge in [0.15, 0.2) is 15.9 Å². The first kappa shape index (κ1) is 36.2. The molecular weight excluding hydrogens is 696 g/mol. The van der Waals surface area contributed by atoms with Crippen molar-refractivity contribution in [3.63, 3.8) is 0 Å². The molecule has 3 aromatic carbocycles. The number of morpholine rings is 1. The van der Waals surface area contributed by atoms with Gasteiger partial charge in [-0.05, 0) is 55.3 Å². The molecule has 3 heterocycles. The third-order valence-corrected chi connectivity index (χ3v) is 10.9. The van der Waals surface area contributed by atoms with Gasteiger partial charge in [-0.1, -0.05) is 60.1 Å². The number of pyridine rings is 1. The van der Waals surface area contributed by atoms with E-state index in [1.165, 1.54) is 36.4 Å². The van der Waals surface area contributed by atoms with Gasteiger partial charge in [0.25, 0.3) is 5.91 Å². The number of benzene rings is 3. The van der Waals surface area contributed by atoms with E-state index in [0.29, 0.717) is 49.0 Å². The fraction of sp³-hybridized carbons (Fsp3) is 0.389. The van der Waals surface area contributed by atoms with Crippen molar-refractivity contribution in [1.82, 2.24) is 20.1 Å². The number of aromatic nitrogens is 1. The van der Waals surface area contributed by atoms with Crippen LogP contribution in [0.25, 0.3) is 22.2 Å². The predicted molar refractivity (Wildman–Crippen MR) is 184 cm³/mol. The summed E-state index contributed by atoms with van der Waals surface area (Å²) in [6.07, 6.45) is -2.25. The largest absolute Gasteiger partial charge is 0.412 e. The number of likely N-dealkylation sites (tertiary alicyclic amines) is 1. The van der Waals surface area contributed by atoms with Crippen LogP contribution in [0.15, 0.2) is 71.6 Å². The molecule has 1 aromatic heterocycles. The van der Waals surface area contributed by atoms with Crippen molar-refractivity contribution in [3.8, 4) is 11.3 Å². The summed E-state index contributed by atoms with van der Waals surface area (Å²) in [5.41, 5.74) is 1.14. The quantitative estimate of drug-likeness (QED) is 0.190. The van der Waals surface area contributed by atoms with E-state index in [1.807, 2.05) is 0 Å². The smallest absolute Gasteiger partial charge is 0.379 e. The lowest BCUT2D eigenvalue weighted by Gasteiger charge is -2.40. The highest BCUT2D eigenvalue weighted by Crippen LogP contribution is 2.38. The SMILES string of the molecule is CS(=O)(=O)c1cc2c(C(=O)N[C@H](c3ccccc3)C(F)(F)F)c(CN3CCC(N4CCOCC4)CC3)c(-c3cccc(CF)c3)nc2cc1Cl. The van der Waals surface area contributed by atoms with Gasteiger partial charge < -0.3 is 10.1 Å². The Balaban J connectivity index is 1.52. The second-order valence-corrected chi connectivity index (χ2v) is 15.1. The summed E-state index contributed by atoms with van der Waals surface area (Å²) in [7, 11) is -3.92. The Bertz CT molecular complexity index is 1970. The highest BCUT2D eigenvalue weighted by Gasteiger charge is 2.42. The number of fused-ring (bicyclic) bond motifs is 1. The number of carbonyl (C=O) groups excluding carboxylic acids is 1. The van der Waals surface area contributed by atoms with Gasteiger partial charge in [0, 0.05) is 48.4 Å². The summed E-state index contributed by atoms with van der Waals surface area (Å²) in [5.74, 6) is -1.06. The number of hydrogen-bond donors (Lipinski definition) is 1. The van der Waals surface area contributed by atoms with Gasteiger partial charge in [0.2, 0.25) is 0 Å². The van der Waals surface area contributed by atoms with Crippen molar-refractivity contribution in [2.24, 2.45) is 0 Å². The van der Waals surface area contributed by atoms with Crippen molar-refractivity contribution in [2.45, 2.75) is 49.2 Å². The molecule has 8 nitrogen and oxygen atoms in total. The van der Waals surface area contributed by atoms with E-state index < -0.39 is 34.6 Å². The van der Waals surface area contributed by atoms with Crippen molar-refractivity contribution in [3.05, 3.63) is 94.0 Å². The third-order valence-electron chi connectivity index (χ3n) is 9.36. The molecule has 0 spiro atoms. The molecule has 0 saturated carbocycles. The van der Waals surface area contributed by atoms with Gasteiger partial charge in [-0.15, -0.1) is 0 Å². The Kier molecular flexibility index (Phi) is 10.8. The first-order valence-electron chi connectivity index (χ1n) is 16.3. The number of piperidine rings is 1. The van der Waals surface area contributed by atoms with Crippen LogP contribution in [0.1, 0.15) is 45.9 Å². The molecule has 1 N–H and O–H groups in total. The average molecular weight is 733 g/mol. The van der Waals surface area contributed by atoms with E-state index in [0.717, 1.165) is 32.2 Å². The van der Waals surface area contributed by atoms with Gasteiger partial charge >= 0.3 is 6.18 Å². The van der Waals surface area contributed by atoms with E-state index >= 15 is 0 Å². The van der Waals surface area contributed by atoms with E-state index in [4.69, 9.17) is 21.3 Å². The van der Waals surface area contributed by atoms with E-state index in [2.05, 4.69) is 15.1 Å². The zero-order valence-electron chi connectivity index (χ0n) is 27.3. The highest BCUT2D eigenvalue weighted by molar-refractivity contribution is 7.90. The van der Waals surface area contributed by atoms with Crippen LogP contribution in [0.3, 0.4) is 0 Å². The van der Waals surface area contributed by atoms with Gasteiger partial charge in [-0.3, -0.25) is 14.6 Å². The average Bonchev–Trinajstić information content (AvgIpc) is 3.10. The number of amides is 1. The maximum absolute atomic E-state index is 14.6. The van der Waals surface area contributed by atoms with Gasteiger partial charge in [-0.2, -0.15) is 13.2 Å². The van der Waals surface area contributed by atoms with Crippen molar-refractivity contribution >= 4 is 38.2 Å². The number of halogens is 5. The second kappa shape index (κ2) is 14.9. The minimum absolute atomic E-state index is 0.0323. The van der Waals surface area contributed by atoms with Crippen molar-refractivity contribution < 1.29 is 35.5 Å². The van der Waals surface area contributed by atoms with Crippen LogP contribution in [0.4, 0.5) is 17.6 Å². The molecular formula is C36H37ClF4N4O4S. The number of sulfone groups is 1. The van der Waals surface area contributed by atoms with Crippen LogP contribution in [0, 0.1) is 0 Å². The standard InChI is InChI=1S/C36H37ClF4N4O4S/c1-50(47,48)31-19-27-30(20-29(31)37)42-33(25-9-5-6-23(18-25)21-38)28(22-44-12-10-26(11-13-44)45-14-16-49-17-15-45)32(27)35(46)43-34(36(39,40)41)24-7-3-2-4-8-24/h2-9,18-20,26,34H,10-17,21-22H2,1H3,(H,43,46)/t34-/m1/s1. The summed E-state index contributed by atoms with van der Waals surface area (Å²) in [5, 5.41) is 2.09. The lowest BCUT2D eigenvalue weighted by Crippen LogP contribution is -2.48. The molecule has 0 radical (unpaired) electrons. The summed E-state index contributed by atoms with van der Waals surface area (Å²) in [6.45, 7) is 3.64. The molecule has 2 fully saturated rings. The molecule has 6 rings (SSSR count). The summed E-state index contributed by atoms with van der Waals surface area (Å²) in [6, 6.07) is 14.0. The molecule has 14 heteroatoms. The van der Waals surface area contributed by atoms with Crippen LogP contribution in [0.5, 0.6) is 0 Å². The molecule has 1 atom stereocenters. The van der Waals surface area contributed by atoms with E-state index in [1.54, 1.807) is 30.3 Å². The summed E-state index contributed by atoms with van der Waals surface area (Å²) < 4.78 is 88.7. The molecule has 0 unspecified atom stereocenters. The minimum Gasteiger partial charge on any atom is -0.379 e. The fourth-order valence-corrected chi connectivity index (χ4v) is 8.18. The number of nitrogens with zero attached hydrogens (tertiary/aromatic N) is 3. The lowest BCUT2D eigenvalue weighted by atomic mass is 9.93. The topological polar surface area (TPSA) is 91.8 Å². The monoisotopic (exact) mass is 732 g/mol. The van der Waals surface area contributed by atoms with Crippen molar-refractivity contribution in [2.75, 3.05) is 45.6 Å². The van der Waals surface area contributed by atoms with E-state index in [9.17, 15) is 30.8 Å². The summed E-state index contributed by atoms with van der Waals surface area (Å²) in [4.78, 5) is 23.5. The fourth-order valence-electron chi connectivity index (χ4n) is 6.85. The Hall–Kier alpha value is -3.62. The van der Waals surface area contributed by atoms with Gasteiger partial charge in [0.05, 0.1) is 39.9 Å². The third kappa shape index (κ3) is 7.97. The van der Waals surface area contributed by atoms with Gasteiger partial charge in [0.1, 0.15) is 6.67 Å². The molecule has 2 saturated heterocycles. The van der Waals surface area contributed by atoms with Crippen LogP contribution in [0.2, 0.25) is 5.02 Å². The maximum atomic E-state index is 14.6. The Morgan fingerprint density at radius 3 is 2.36 bits per heavy atom. The number of ether oxygens (including phenoxy) is 1. The lowest BCUT2D eigenvalue weighted by molar-refractivity contribution is -0.155. The van der Waals surface area contributed by atoms with Crippen molar-refractivity contribution in [1.29, 1.82) is 0 Å². The number of carbonyl (C=O) groups is 1. The number of nitrogens with one attached hydrogen (secondary N) is 1. The Morgan fingerprint density at radius 2 is 1.72 bits per heavy atom. The minimum atomic E-state index is -4.86. The number of alkyl halides is 4. The first-order chi connectivity index (χ1) is 23.8. The van der Waals surface area contributed by atoms with Crippen LogP contribution >= 0.6 is 11.6 Å². The Morgan fingerprint density at radius 1 is 1.02 bits per heavy atom. The molecule has 266 valence electrons. The number of hydrogen-bond acceptors (Lipinski definition) is 7.